The van der Waals surface area contributed by atoms with Gasteiger partial charge in [-0.2, -0.15) is 12.6 Å². The fourth-order valence-electron chi connectivity index (χ4n) is 1.19. The van der Waals surface area contributed by atoms with Gasteiger partial charge < -0.3 is 4.74 Å². The monoisotopic (exact) mass is 194 g/mol. The number of thiol groups is 1. The summed E-state index contributed by atoms with van der Waals surface area (Å²) in [6, 6.07) is 6.11. The van der Waals surface area contributed by atoms with E-state index in [1.807, 2.05) is 25.1 Å². The third-order valence-corrected chi connectivity index (χ3v) is 2.05. The van der Waals surface area contributed by atoms with Gasteiger partial charge in [-0.05, 0) is 30.2 Å². The highest BCUT2D eigenvalue weighted by Crippen LogP contribution is 2.18. The third kappa shape index (κ3) is 2.81. The quantitative estimate of drug-likeness (QED) is 0.728. The van der Waals surface area contributed by atoms with E-state index in [1.165, 1.54) is 5.56 Å². The second-order valence-electron chi connectivity index (χ2n) is 2.81. The number of ether oxygens (including phenoxy) is 1. The molecule has 13 heavy (non-hydrogen) atoms. The molecule has 0 N–H and O–H groups in total. The maximum absolute atomic E-state index is 5.17. The smallest absolute Gasteiger partial charge is 0.121 e. The standard InChI is InChI=1S/C11H14OS/c1-9-8-10(4-3-7-13)5-6-11(9)12-2/h3-6,8,13H,7H2,1-2H3. The van der Waals surface area contributed by atoms with Crippen LogP contribution in [-0.4, -0.2) is 12.9 Å². The maximum Gasteiger partial charge on any atom is 0.121 e. The Morgan fingerprint density at radius 1 is 1.46 bits per heavy atom. The van der Waals surface area contributed by atoms with Crippen molar-refractivity contribution in [2.45, 2.75) is 6.92 Å². The molecule has 0 unspecified atom stereocenters. The van der Waals surface area contributed by atoms with Gasteiger partial charge in [-0.25, -0.2) is 0 Å². The molecular weight excluding hydrogens is 180 g/mol. The van der Waals surface area contributed by atoms with Crippen LogP contribution in [0.1, 0.15) is 11.1 Å². The number of hydrogen-bond donors (Lipinski definition) is 1. The molecule has 0 aliphatic carbocycles. The van der Waals surface area contributed by atoms with Gasteiger partial charge in [0.15, 0.2) is 0 Å². The second kappa shape index (κ2) is 4.97. The first-order chi connectivity index (χ1) is 6.27. The summed E-state index contributed by atoms with van der Waals surface area (Å²) in [5.41, 5.74) is 2.34. The molecule has 0 heterocycles. The third-order valence-electron chi connectivity index (χ3n) is 1.83. The normalized spacial score (nSPS) is 10.7. The molecule has 0 saturated heterocycles. The highest BCUT2D eigenvalue weighted by Gasteiger charge is 1.96. The van der Waals surface area contributed by atoms with Crippen molar-refractivity contribution in [1.29, 1.82) is 0 Å². The van der Waals surface area contributed by atoms with Crippen LogP contribution < -0.4 is 4.74 Å². The number of hydrogen-bond acceptors (Lipinski definition) is 2. The van der Waals surface area contributed by atoms with E-state index in [-0.39, 0.29) is 0 Å². The van der Waals surface area contributed by atoms with Gasteiger partial charge >= 0.3 is 0 Å². The van der Waals surface area contributed by atoms with E-state index < -0.39 is 0 Å². The molecule has 0 spiro atoms. The van der Waals surface area contributed by atoms with E-state index >= 15 is 0 Å². The largest absolute Gasteiger partial charge is 0.496 e. The molecule has 0 aliphatic heterocycles. The molecule has 1 rings (SSSR count). The molecule has 0 aromatic heterocycles. The molecule has 0 atom stereocenters. The molecule has 0 saturated carbocycles. The molecule has 0 aliphatic rings. The van der Waals surface area contributed by atoms with Crippen LogP contribution in [0.3, 0.4) is 0 Å². The predicted molar refractivity (Wildman–Crippen MR) is 60.6 cm³/mol. The number of benzene rings is 1. The first-order valence-corrected chi connectivity index (χ1v) is 4.83. The zero-order valence-electron chi connectivity index (χ0n) is 7.95. The average molecular weight is 194 g/mol. The van der Waals surface area contributed by atoms with Crippen LogP contribution in [0.4, 0.5) is 0 Å². The summed E-state index contributed by atoms with van der Waals surface area (Å²) in [7, 11) is 1.69. The van der Waals surface area contributed by atoms with Crippen molar-refractivity contribution in [3.63, 3.8) is 0 Å². The molecule has 1 nitrogen and oxygen atoms in total. The molecule has 1 aromatic carbocycles. The van der Waals surface area contributed by atoms with Crippen LogP contribution in [0.5, 0.6) is 5.75 Å². The van der Waals surface area contributed by atoms with E-state index in [9.17, 15) is 0 Å². The topological polar surface area (TPSA) is 9.23 Å². The number of methoxy groups -OCH3 is 1. The van der Waals surface area contributed by atoms with Gasteiger partial charge in [-0.1, -0.05) is 18.2 Å². The maximum atomic E-state index is 5.17. The molecular formula is C11H14OS. The average Bonchev–Trinajstić information content (AvgIpc) is 2.15. The molecule has 2 heteroatoms. The molecule has 0 amide bonds. The lowest BCUT2D eigenvalue weighted by molar-refractivity contribution is 0.411. The Kier molecular flexibility index (Phi) is 3.90. The minimum Gasteiger partial charge on any atom is -0.496 e. The van der Waals surface area contributed by atoms with Crippen LogP contribution in [-0.2, 0) is 0 Å². The van der Waals surface area contributed by atoms with E-state index in [1.54, 1.807) is 7.11 Å². The van der Waals surface area contributed by atoms with Crippen LogP contribution in [0.2, 0.25) is 0 Å². The van der Waals surface area contributed by atoms with Gasteiger partial charge in [0.1, 0.15) is 5.75 Å². The Labute approximate surface area is 84.8 Å². The Morgan fingerprint density at radius 2 is 2.23 bits per heavy atom. The van der Waals surface area contributed by atoms with Crippen molar-refractivity contribution in [3.05, 3.63) is 35.4 Å². The Bertz CT molecular complexity index is 305. The first-order valence-electron chi connectivity index (χ1n) is 4.20. The van der Waals surface area contributed by atoms with Gasteiger partial charge in [0.2, 0.25) is 0 Å². The molecule has 0 bridgehead atoms. The Hall–Kier alpha value is -0.890. The van der Waals surface area contributed by atoms with E-state index in [0.29, 0.717) is 0 Å². The highest BCUT2D eigenvalue weighted by molar-refractivity contribution is 7.80. The number of aryl methyl sites for hydroxylation is 1. The summed E-state index contributed by atoms with van der Waals surface area (Å²) < 4.78 is 5.17. The van der Waals surface area contributed by atoms with E-state index in [0.717, 1.165) is 17.1 Å². The van der Waals surface area contributed by atoms with Crippen molar-refractivity contribution in [1.82, 2.24) is 0 Å². The predicted octanol–water partition coefficient (Wildman–Crippen LogP) is 2.95. The molecule has 0 fully saturated rings. The van der Waals surface area contributed by atoms with Gasteiger partial charge in [-0.15, -0.1) is 0 Å². The van der Waals surface area contributed by atoms with Crippen LogP contribution >= 0.6 is 12.6 Å². The number of rotatable bonds is 3. The summed E-state index contributed by atoms with van der Waals surface area (Å²) >= 11 is 4.10. The SMILES string of the molecule is COc1ccc(C=CCS)cc1C. The lowest BCUT2D eigenvalue weighted by atomic mass is 10.1. The van der Waals surface area contributed by atoms with Gasteiger partial charge in [0, 0.05) is 5.75 Å². The highest BCUT2D eigenvalue weighted by atomic mass is 32.1. The summed E-state index contributed by atoms with van der Waals surface area (Å²) in [5.74, 6) is 1.70. The van der Waals surface area contributed by atoms with Gasteiger partial charge in [-0.3, -0.25) is 0 Å². The molecule has 0 radical (unpaired) electrons. The minimum atomic E-state index is 0.769. The molecule has 1 aromatic rings. The van der Waals surface area contributed by atoms with Crippen molar-refractivity contribution in [2.75, 3.05) is 12.9 Å². The van der Waals surface area contributed by atoms with Crippen molar-refractivity contribution in [3.8, 4) is 5.75 Å². The Morgan fingerprint density at radius 3 is 2.77 bits per heavy atom. The minimum absolute atomic E-state index is 0.769. The van der Waals surface area contributed by atoms with E-state index in [2.05, 4.69) is 24.8 Å². The van der Waals surface area contributed by atoms with Crippen LogP contribution in [0.15, 0.2) is 24.3 Å². The Balaban J connectivity index is 2.89. The summed E-state index contributed by atoms with van der Waals surface area (Å²) in [4.78, 5) is 0. The summed E-state index contributed by atoms with van der Waals surface area (Å²) in [6.07, 6.45) is 4.07. The summed E-state index contributed by atoms with van der Waals surface area (Å²) in [6.45, 7) is 2.04. The zero-order chi connectivity index (χ0) is 9.68. The van der Waals surface area contributed by atoms with Gasteiger partial charge in [0.05, 0.1) is 7.11 Å². The van der Waals surface area contributed by atoms with Crippen molar-refractivity contribution < 1.29 is 4.74 Å². The van der Waals surface area contributed by atoms with Crippen molar-refractivity contribution >= 4 is 18.7 Å². The second-order valence-corrected chi connectivity index (χ2v) is 3.18. The molecule has 70 valence electrons. The van der Waals surface area contributed by atoms with Crippen LogP contribution in [0, 0.1) is 6.92 Å². The summed E-state index contributed by atoms with van der Waals surface area (Å²) in [5, 5.41) is 0. The lowest BCUT2D eigenvalue weighted by Crippen LogP contribution is -1.86. The first kappa shape index (κ1) is 10.2. The van der Waals surface area contributed by atoms with Crippen LogP contribution in [0.25, 0.3) is 6.08 Å². The van der Waals surface area contributed by atoms with E-state index in [4.69, 9.17) is 4.74 Å². The fourth-order valence-corrected chi connectivity index (χ4v) is 1.30. The zero-order valence-corrected chi connectivity index (χ0v) is 8.84. The fraction of sp³-hybridized carbons (Fsp3) is 0.273. The lowest BCUT2D eigenvalue weighted by Gasteiger charge is -2.04. The van der Waals surface area contributed by atoms with Gasteiger partial charge in [0.25, 0.3) is 0 Å². The van der Waals surface area contributed by atoms with Crippen molar-refractivity contribution in [2.24, 2.45) is 0 Å².